The first-order valence-electron chi connectivity index (χ1n) is 14.2. The van der Waals surface area contributed by atoms with Crippen LogP contribution in [0.5, 0.6) is 5.75 Å². The van der Waals surface area contributed by atoms with Crippen molar-refractivity contribution < 1.29 is 23.9 Å². The summed E-state index contributed by atoms with van der Waals surface area (Å²) in [5.41, 5.74) is 3.95. The normalized spacial score (nSPS) is 20.0. The Morgan fingerprint density at radius 3 is 2.56 bits per heavy atom. The highest BCUT2D eigenvalue weighted by atomic mass is 35.5. The maximum absolute atomic E-state index is 13.7. The second-order valence-corrected chi connectivity index (χ2v) is 11.4. The van der Waals surface area contributed by atoms with Crippen LogP contribution >= 0.6 is 11.6 Å². The number of likely N-dealkylation sites (tertiary alicyclic amines) is 1. The van der Waals surface area contributed by atoms with Gasteiger partial charge in [0.2, 0.25) is 0 Å². The summed E-state index contributed by atoms with van der Waals surface area (Å²) in [6.45, 7) is 4.16. The van der Waals surface area contributed by atoms with Gasteiger partial charge in [-0.1, -0.05) is 47.1 Å². The number of aliphatic hydroxyl groups excluding tert-OH is 1. The van der Waals surface area contributed by atoms with Crippen molar-refractivity contribution in [3.8, 4) is 16.9 Å². The zero-order valence-corrected chi connectivity index (χ0v) is 23.6. The molecule has 3 unspecified atom stereocenters. The zero-order chi connectivity index (χ0) is 28.5. The summed E-state index contributed by atoms with van der Waals surface area (Å²) in [5, 5.41) is 19.1. The van der Waals surface area contributed by atoms with Gasteiger partial charge in [0.05, 0.1) is 17.2 Å². The van der Waals surface area contributed by atoms with Crippen LogP contribution in [-0.2, 0) is 9.63 Å². The van der Waals surface area contributed by atoms with Crippen LogP contribution in [0.2, 0.25) is 5.02 Å². The van der Waals surface area contributed by atoms with E-state index < -0.39 is 18.1 Å². The highest BCUT2D eigenvalue weighted by Crippen LogP contribution is 2.35. The van der Waals surface area contributed by atoms with Gasteiger partial charge in [0, 0.05) is 17.7 Å². The van der Waals surface area contributed by atoms with Crippen LogP contribution in [0.1, 0.15) is 61.5 Å². The van der Waals surface area contributed by atoms with E-state index in [2.05, 4.69) is 15.4 Å². The number of ether oxygens (including phenoxy) is 1. The lowest BCUT2D eigenvalue weighted by Gasteiger charge is -2.30. The molecule has 0 spiro atoms. The second-order valence-electron chi connectivity index (χ2n) is 11.0. The number of halogens is 2. The van der Waals surface area contributed by atoms with E-state index >= 15 is 0 Å². The van der Waals surface area contributed by atoms with Gasteiger partial charge in [-0.2, -0.15) is 0 Å². The molecular formula is C32H33ClFN3O4. The van der Waals surface area contributed by atoms with Crippen molar-refractivity contribution in [3.63, 3.8) is 0 Å². The molecule has 1 amide bonds. The van der Waals surface area contributed by atoms with E-state index in [4.69, 9.17) is 21.2 Å². The summed E-state index contributed by atoms with van der Waals surface area (Å²) < 4.78 is 19.3. The minimum Gasteiger partial charge on any atom is -0.489 e. The van der Waals surface area contributed by atoms with Gasteiger partial charge in [0.1, 0.15) is 17.7 Å². The van der Waals surface area contributed by atoms with E-state index in [1.807, 2.05) is 25.1 Å². The Morgan fingerprint density at radius 2 is 1.85 bits per heavy atom. The summed E-state index contributed by atoms with van der Waals surface area (Å²) in [6, 6.07) is 16.6. The maximum Gasteiger partial charge on any atom is 0.274 e. The molecule has 2 heterocycles. The van der Waals surface area contributed by atoms with E-state index in [0.29, 0.717) is 28.4 Å². The van der Waals surface area contributed by atoms with Crippen LogP contribution in [-0.4, -0.2) is 53.4 Å². The molecule has 0 bridgehead atoms. The predicted molar refractivity (Wildman–Crippen MR) is 156 cm³/mol. The molecule has 9 heteroatoms. The van der Waals surface area contributed by atoms with Crippen molar-refractivity contribution in [2.45, 2.75) is 57.0 Å². The SMILES string of the molecule is CC1ON=C(C(=O)NC(CN2CCCC2)C(O)c2ccc(OC3CC3)c(Cl)c2)c2ccc(-c3ccc(F)cc3)cc21. The third-order valence-electron chi connectivity index (χ3n) is 7.91. The van der Waals surface area contributed by atoms with Crippen LogP contribution in [0.4, 0.5) is 4.39 Å². The average Bonchev–Trinajstić information content (AvgIpc) is 3.65. The van der Waals surface area contributed by atoms with Crippen molar-refractivity contribution in [2.75, 3.05) is 19.6 Å². The fraction of sp³-hybridized carbons (Fsp3) is 0.375. The van der Waals surface area contributed by atoms with Gasteiger partial charge < -0.3 is 24.9 Å². The standard InChI is InChI=1S/C32H33ClFN3O4/c1-19-26-16-21(20-4-8-23(34)9-5-20)6-12-25(26)30(36-41-19)32(39)35-28(18-37-14-2-3-15-37)31(38)22-7-13-29(27(33)17-22)40-24-10-11-24/h4-9,12-13,16-17,19,24,28,31,38H,2-3,10-11,14-15,18H2,1H3,(H,35,39). The zero-order valence-electron chi connectivity index (χ0n) is 22.9. The molecule has 3 aromatic rings. The molecule has 0 aromatic heterocycles. The first kappa shape index (κ1) is 27.7. The fourth-order valence-corrected chi connectivity index (χ4v) is 5.67. The molecule has 214 valence electrons. The van der Waals surface area contributed by atoms with E-state index in [-0.39, 0.29) is 23.7 Å². The number of carbonyl (C=O) groups excluding carboxylic acids is 1. The average molecular weight is 578 g/mol. The molecule has 1 saturated carbocycles. The van der Waals surface area contributed by atoms with Gasteiger partial charge in [-0.3, -0.25) is 4.79 Å². The van der Waals surface area contributed by atoms with Crippen LogP contribution in [0, 0.1) is 5.82 Å². The van der Waals surface area contributed by atoms with Crippen molar-refractivity contribution in [2.24, 2.45) is 5.16 Å². The first-order valence-corrected chi connectivity index (χ1v) is 14.5. The Morgan fingerprint density at radius 1 is 1.12 bits per heavy atom. The Labute approximate surface area is 243 Å². The molecule has 7 nitrogen and oxygen atoms in total. The molecule has 3 aromatic carbocycles. The van der Waals surface area contributed by atoms with E-state index in [1.54, 1.807) is 30.3 Å². The monoisotopic (exact) mass is 577 g/mol. The molecule has 1 saturated heterocycles. The summed E-state index contributed by atoms with van der Waals surface area (Å²) in [6.07, 6.45) is 3.04. The summed E-state index contributed by atoms with van der Waals surface area (Å²) in [7, 11) is 0. The molecule has 3 aliphatic rings. The number of aliphatic hydroxyl groups is 1. The Kier molecular flexibility index (Phi) is 7.97. The predicted octanol–water partition coefficient (Wildman–Crippen LogP) is 5.80. The number of fused-ring (bicyclic) bond motifs is 1. The summed E-state index contributed by atoms with van der Waals surface area (Å²) >= 11 is 6.49. The lowest BCUT2D eigenvalue weighted by molar-refractivity contribution is -0.116. The number of carbonyl (C=O) groups is 1. The third kappa shape index (κ3) is 6.25. The van der Waals surface area contributed by atoms with Crippen LogP contribution in [0.25, 0.3) is 11.1 Å². The molecule has 2 N–H and O–H groups in total. The molecule has 0 radical (unpaired) electrons. The fourth-order valence-electron chi connectivity index (χ4n) is 5.44. The van der Waals surface area contributed by atoms with Crippen LogP contribution in [0.3, 0.4) is 0 Å². The number of oxime groups is 1. The number of rotatable bonds is 9. The molecular weight excluding hydrogens is 545 g/mol. The van der Waals surface area contributed by atoms with Gasteiger partial charge >= 0.3 is 0 Å². The number of hydrogen-bond donors (Lipinski definition) is 2. The van der Waals surface area contributed by atoms with Crippen molar-refractivity contribution in [1.82, 2.24) is 10.2 Å². The van der Waals surface area contributed by atoms with Crippen LogP contribution < -0.4 is 10.1 Å². The lowest BCUT2D eigenvalue weighted by Crippen LogP contribution is -2.49. The Balaban J connectivity index is 1.24. The number of nitrogens with zero attached hydrogens (tertiary/aromatic N) is 2. The summed E-state index contributed by atoms with van der Waals surface area (Å²) in [5.74, 6) is -0.134. The minimum atomic E-state index is -1.00. The molecule has 41 heavy (non-hydrogen) atoms. The number of amides is 1. The highest BCUT2D eigenvalue weighted by Gasteiger charge is 2.32. The van der Waals surface area contributed by atoms with Gasteiger partial charge in [-0.05, 0) is 92.7 Å². The van der Waals surface area contributed by atoms with Crippen molar-refractivity contribution >= 4 is 23.2 Å². The van der Waals surface area contributed by atoms with E-state index in [1.165, 1.54) is 12.1 Å². The van der Waals surface area contributed by atoms with E-state index in [0.717, 1.165) is 55.5 Å². The first-order chi connectivity index (χ1) is 19.9. The van der Waals surface area contributed by atoms with Crippen molar-refractivity contribution in [1.29, 1.82) is 0 Å². The Hall–Kier alpha value is -3.46. The quantitative estimate of drug-likeness (QED) is 0.336. The molecule has 3 atom stereocenters. The second kappa shape index (κ2) is 11.8. The Bertz CT molecular complexity index is 1450. The number of nitrogens with one attached hydrogen (secondary N) is 1. The smallest absolute Gasteiger partial charge is 0.274 e. The van der Waals surface area contributed by atoms with Gasteiger partial charge in [0.25, 0.3) is 5.91 Å². The number of benzene rings is 3. The van der Waals surface area contributed by atoms with Crippen molar-refractivity contribution in [3.05, 3.63) is 88.2 Å². The highest BCUT2D eigenvalue weighted by molar-refractivity contribution is 6.45. The van der Waals surface area contributed by atoms with Gasteiger partial charge in [-0.25, -0.2) is 4.39 Å². The lowest BCUT2D eigenvalue weighted by atomic mass is 9.93. The van der Waals surface area contributed by atoms with Crippen LogP contribution in [0.15, 0.2) is 65.8 Å². The summed E-state index contributed by atoms with van der Waals surface area (Å²) in [4.78, 5) is 21.6. The minimum absolute atomic E-state index is 0.147. The van der Waals surface area contributed by atoms with E-state index in [9.17, 15) is 14.3 Å². The van der Waals surface area contributed by atoms with Gasteiger partial charge in [0.15, 0.2) is 11.8 Å². The molecule has 2 fully saturated rings. The molecule has 6 rings (SSSR count). The third-order valence-corrected chi connectivity index (χ3v) is 8.20. The number of hydrogen-bond acceptors (Lipinski definition) is 6. The largest absolute Gasteiger partial charge is 0.489 e. The molecule has 2 aliphatic heterocycles. The molecule has 1 aliphatic carbocycles. The maximum atomic E-state index is 13.7. The topological polar surface area (TPSA) is 83.4 Å². The van der Waals surface area contributed by atoms with Gasteiger partial charge in [-0.15, -0.1) is 0 Å².